The van der Waals surface area contributed by atoms with E-state index < -0.39 is 11.7 Å². The van der Waals surface area contributed by atoms with E-state index in [0.29, 0.717) is 11.4 Å². The monoisotopic (exact) mass is 237 g/mol. The lowest BCUT2D eigenvalue weighted by Gasteiger charge is -2.20. The predicted octanol–water partition coefficient (Wildman–Crippen LogP) is 3.35. The van der Waals surface area contributed by atoms with Gasteiger partial charge in [0.2, 0.25) is 0 Å². The van der Waals surface area contributed by atoms with Gasteiger partial charge in [0, 0.05) is 0 Å². The second kappa shape index (κ2) is 5.08. The lowest BCUT2D eigenvalue weighted by atomic mass is 10.2. The molecule has 0 aliphatic rings. The lowest BCUT2D eigenvalue weighted by molar-refractivity contribution is 0.0635. The van der Waals surface area contributed by atoms with E-state index in [4.69, 9.17) is 9.47 Å². The summed E-state index contributed by atoms with van der Waals surface area (Å²) in [6, 6.07) is 5.56. The molecule has 1 N–H and O–H groups in total. The SMILES string of the molecule is COc1cccc(C)c1NC(=O)OC(C)(C)C. The number of nitrogens with one attached hydrogen (secondary N) is 1. The Morgan fingerprint density at radius 2 is 1.94 bits per heavy atom. The van der Waals surface area contributed by atoms with Gasteiger partial charge in [-0.15, -0.1) is 0 Å². The quantitative estimate of drug-likeness (QED) is 0.858. The molecule has 1 rings (SSSR count). The molecule has 1 aromatic carbocycles. The smallest absolute Gasteiger partial charge is 0.412 e. The second-order valence-corrected chi connectivity index (χ2v) is 4.78. The van der Waals surface area contributed by atoms with Crippen LogP contribution in [0.25, 0.3) is 0 Å². The number of rotatable bonds is 2. The van der Waals surface area contributed by atoms with E-state index in [1.54, 1.807) is 13.2 Å². The minimum absolute atomic E-state index is 0.481. The molecule has 0 atom stereocenters. The van der Waals surface area contributed by atoms with Gasteiger partial charge in [-0.2, -0.15) is 0 Å². The maximum atomic E-state index is 11.7. The Morgan fingerprint density at radius 3 is 2.47 bits per heavy atom. The highest BCUT2D eigenvalue weighted by atomic mass is 16.6. The number of para-hydroxylation sites is 1. The van der Waals surface area contributed by atoms with Gasteiger partial charge in [0.05, 0.1) is 12.8 Å². The molecule has 4 nitrogen and oxygen atoms in total. The van der Waals surface area contributed by atoms with Gasteiger partial charge in [-0.25, -0.2) is 4.79 Å². The lowest BCUT2D eigenvalue weighted by Crippen LogP contribution is -2.27. The van der Waals surface area contributed by atoms with Crippen LogP contribution < -0.4 is 10.1 Å². The summed E-state index contributed by atoms with van der Waals surface area (Å²) in [7, 11) is 1.56. The average molecular weight is 237 g/mol. The molecule has 0 spiro atoms. The zero-order valence-corrected chi connectivity index (χ0v) is 11.0. The molecule has 0 aliphatic carbocycles. The second-order valence-electron chi connectivity index (χ2n) is 4.78. The molecule has 1 aromatic rings. The molecule has 4 heteroatoms. The van der Waals surface area contributed by atoms with Crippen LogP contribution in [0, 0.1) is 6.92 Å². The van der Waals surface area contributed by atoms with E-state index in [2.05, 4.69) is 5.32 Å². The van der Waals surface area contributed by atoms with E-state index in [-0.39, 0.29) is 0 Å². The molecule has 0 fully saturated rings. The molecule has 0 saturated heterocycles. The first kappa shape index (κ1) is 13.4. The van der Waals surface area contributed by atoms with Crippen LogP contribution in [-0.4, -0.2) is 18.8 Å². The number of aryl methyl sites for hydroxylation is 1. The van der Waals surface area contributed by atoms with Crippen molar-refractivity contribution in [1.82, 2.24) is 0 Å². The standard InChI is InChI=1S/C13H19NO3/c1-9-7-6-8-10(16-5)11(9)14-12(15)17-13(2,3)4/h6-8H,1-5H3,(H,14,15). The number of hydrogen-bond donors (Lipinski definition) is 1. The number of ether oxygens (including phenoxy) is 2. The highest BCUT2D eigenvalue weighted by Crippen LogP contribution is 2.28. The van der Waals surface area contributed by atoms with Crippen molar-refractivity contribution in [1.29, 1.82) is 0 Å². The van der Waals surface area contributed by atoms with Crippen LogP contribution in [0.3, 0.4) is 0 Å². The number of hydrogen-bond acceptors (Lipinski definition) is 3. The summed E-state index contributed by atoms with van der Waals surface area (Å²) >= 11 is 0. The predicted molar refractivity (Wildman–Crippen MR) is 67.6 cm³/mol. The largest absolute Gasteiger partial charge is 0.495 e. The first-order valence-electron chi connectivity index (χ1n) is 5.47. The zero-order valence-electron chi connectivity index (χ0n) is 11.0. The molecule has 0 radical (unpaired) electrons. The van der Waals surface area contributed by atoms with Crippen molar-refractivity contribution in [2.45, 2.75) is 33.3 Å². The van der Waals surface area contributed by atoms with Crippen molar-refractivity contribution >= 4 is 11.8 Å². The van der Waals surface area contributed by atoms with E-state index in [1.165, 1.54) is 0 Å². The Labute approximate surface area is 102 Å². The number of carbonyl (C=O) groups is 1. The summed E-state index contributed by atoms with van der Waals surface area (Å²) in [5, 5.41) is 2.70. The molecular formula is C13H19NO3. The minimum atomic E-state index is -0.514. The molecular weight excluding hydrogens is 218 g/mol. The number of anilines is 1. The van der Waals surface area contributed by atoms with Crippen LogP contribution >= 0.6 is 0 Å². The average Bonchev–Trinajstić information content (AvgIpc) is 2.18. The topological polar surface area (TPSA) is 47.6 Å². The number of methoxy groups -OCH3 is 1. The summed E-state index contributed by atoms with van der Waals surface area (Å²) in [4.78, 5) is 11.7. The van der Waals surface area contributed by atoms with Crippen LogP contribution in [0.4, 0.5) is 10.5 Å². The molecule has 0 saturated carbocycles. The van der Waals surface area contributed by atoms with Crippen LogP contribution in [0.2, 0.25) is 0 Å². The molecule has 0 heterocycles. The van der Waals surface area contributed by atoms with Gasteiger partial charge in [-0.05, 0) is 39.3 Å². The van der Waals surface area contributed by atoms with Gasteiger partial charge in [0.15, 0.2) is 0 Å². The molecule has 1 amide bonds. The van der Waals surface area contributed by atoms with Gasteiger partial charge in [-0.1, -0.05) is 12.1 Å². The fourth-order valence-electron chi connectivity index (χ4n) is 1.38. The van der Waals surface area contributed by atoms with Gasteiger partial charge in [0.25, 0.3) is 0 Å². The molecule has 0 bridgehead atoms. The van der Waals surface area contributed by atoms with E-state index in [9.17, 15) is 4.79 Å². The first-order chi connectivity index (χ1) is 7.83. The van der Waals surface area contributed by atoms with Crippen molar-refractivity contribution in [3.63, 3.8) is 0 Å². The van der Waals surface area contributed by atoms with Crippen LogP contribution in [0.1, 0.15) is 26.3 Å². The Balaban J connectivity index is 2.84. The van der Waals surface area contributed by atoms with Crippen LogP contribution in [0.5, 0.6) is 5.75 Å². The van der Waals surface area contributed by atoms with Gasteiger partial charge in [0.1, 0.15) is 11.4 Å². The van der Waals surface area contributed by atoms with Crippen molar-refractivity contribution in [3.05, 3.63) is 23.8 Å². The third-order valence-corrected chi connectivity index (χ3v) is 2.08. The normalized spacial score (nSPS) is 10.9. The van der Waals surface area contributed by atoms with Gasteiger partial charge in [-0.3, -0.25) is 5.32 Å². The molecule has 0 aromatic heterocycles. The Bertz CT molecular complexity index is 408. The van der Waals surface area contributed by atoms with E-state index >= 15 is 0 Å². The van der Waals surface area contributed by atoms with Gasteiger partial charge < -0.3 is 9.47 Å². The van der Waals surface area contributed by atoms with Crippen molar-refractivity contribution in [2.24, 2.45) is 0 Å². The Morgan fingerprint density at radius 1 is 1.29 bits per heavy atom. The first-order valence-corrected chi connectivity index (χ1v) is 5.47. The summed E-state index contributed by atoms with van der Waals surface area (Å²) in [5.74, 6) is 0.621. The maximum Gasteiger partial charge on any atom is 0.412 e. The van der Waals surface area contributed by atoms with Crippen molar-refractivity contribution < 1.29 is 14.3 Å². The molecule has 17 heavy (non-hydrogen) atoms. The van der Waals surface area contributed by atoms with Crippen molar-refractivity contribution in [2.75, 3.05) is 12.4 Å². The number of carbonyl (C=O) groups excluding carboxylic acids is 1. The third-order valence-electron chi connectivity index (χ3n) is 2.08. The minimum Gasteiger partial charge on any atom is -0.495 e. The maximum absolute atomic E-state index is 11.7. The van der Waals surface area contributed by atoms with Gasteiger partial charge >= 0.3 is 6.09 Å². The fraction of sp³-hybridized carbons (Fsp3) is 0.462. The zero-order chi connectivity index (χ0) is 13.1. The highest BCUT2D eigenvalue weighted by Gasteiger charge is 2.18. The number of benzene rings is 1. The Hall–Kier alpha value is -1.71. The molecule has 0 unspecified atom stereocenters. The summed E-state index contributed by atoms with van der Waals surface area (Å²) in [5.41, 5.74) is 1.06. The third kappa shape index (κ3) is 3.98. The van der Waals surface area contributed by atoms with Crippen molar-refractivity contribution in [3.8, 4) is 5.75 Å². The van der Waals surface area contributed by atoms with E-state index in [0.717, 1.165) is 5.56 Å². The van der Waals surface area contributed by atoms with Crippen LogP contribution in [-0.2, 0) is 4.74 Å². The molecule has 0 aliphatic heterocycles. The van der Waals surface area contributed by atoms with Crippen LogP contribution in [0.15, 0.2) is 18.2 Å². The highest BCUT2D eigenvalue weighted by molar-refractivity contribution is 5.88. The number of amides is 1. The molecule has 94 valence electrons. The summed E-state index contributed by atoms with van der Waals surface area (Å²) in [6.07, 6.45) is -0.481. The fourth-order valence-corrected chi connectivity index (χ4v) is 1.38. The summed E-state index contributed by atoms with van der Waals surface area (Å²) in [6.45, 7) is 7.36. The summed E-state index contributed by atoms with van der Waals surface area (Å²) < 4.78 is 10.4. The Kier molecular flexibility index (Phi) is 3.99. The van der Waals surface area contributed by atoms with E-state index in [1.807, 2.05) is 39.8 Å².